The van der Waals surface area contributed by atoms with E-state index in [-0.39, 0.29) is 18.1 Å². The van der Waals surface area contributed by atoms with E-state index in [0.29, 0.717) is 5.92 Å². The van der Waals surface area contributed by atoms with Crippen molar-refractivity contribution in [2.75, 3.05) is 6.61 Å². The number of ether oxygens (including phenoxy) is 1. The first kappa shape index (κ1) is 12.4. The maximum Gasteiger partial charge on any atom is 0.217 e. The Bertz CT molecular complexity index is 521. The number of hydrogen-bond donors (Lipinski definition) is 1. The van der Waals surface area contributed by atoms with Crippen molar-refractivity contribution < 1.29 is 9.53 Å². The number of amides is 1. The second kappa shape index (κ2) is 4.82. The van der Waals surface area contributed by atoms with Gasteiger partial charge in [-0.1, -0.05) is 30.3 Å². The Labute approximate surface area is 113 Å². The minimum atomic E-state index is 0.0348. The third kappa shape index (κ3) is 2.19. The molecule has 0 bridgehead atoms. The van der Waals surface area contributed by atoms with Crippen LogP contribution in [0.1, 0.15) is 25.8 Å². The maximum atomic E-state index is 11.4. The molecular formula is C16H19NO2. The third-order valence-electron chi connectivity index (χ3n) is 4.07. The first-order chi connectivity index (χ1) is 9.16. The molecule has 3 heteroatoms. The molecule has 0 spiro atoms. The molecule has 100 valence electrons. The quantitative estimate of drug-likeness (QED) is 0.883. The highest BCUT2D eigenvalue weighted by Crippen LogP contribution is 2.44. The first-order valence-electron chi connectivity index (χ1n) is 6.85. The van der Waals surface area contributed by atoms with Gasteiger partial charge in [0.1, 0.15) is 0 Å². The SMILES string of the molecule is CC(=O)N[C@H]1C[C@H]2CO[C@H](C)C2=C1c1ccccc1. The summed E-state index contributed by atoms with van der Waals surface area (Å²) in [6.45, 7) is 4.47. The Morgan fingerprint density at radius 1 is 1.32 bits per heavy atom. The summed E-state index contributed by atoms with van der Waals surface area (Å²) in [6.07, 6.45) is 1.13. The summed E-state index contributed by atoms with van der Waals surface area (Å²) in [6, 6.07) is 10.5. The largest absolute Gasteiger partial charge is 0.374 e. The summed E-state index contributed by atoms with van der Waals surface area (Å²) in [5.41, 5.74) is 3.85. The van der Waals surface area contributed by atoms with Crippen LogP contribution in [0.3, 0.4) is 0 Å². The molecule has 1 heterocycles. The van der Waals surface area contributed by atoms with Crippen molar-refractivity contribution in [1.82, 2.24) is 5.32 Å². The van der Waals surface area contributed by atoms with Crippen molar-refractivity contribution in [3.63, 3.8) is 0 Å². The van der Waals surface area contributed by atoms with Crippen LogP contribution in [0.5, 0.6) is 0 Å². The summed E-state index contributed by atoms with van der Waals surface area (Å²) in [5, 5.41) is 3.09. The van der Waals surface area contributed by atoms with Gasteiger partial charge in [0.05, 0.1) is 18.8 Å². The molecule has 3 atom stereocenters. The van der Waals surface area contributed by atoms with Crippen LogP contribution in [0.2, 0.25) is 0 Å². The van der Waals surface area contributed by atoms with Gasteiger partial charge in [0.2, 0.25) is 5.91 Å². The average Bonchev–Trinajstić information content (AvgIpc) is 2.90. The molecular weight excluding hydrogens is 238 g/mol. The van der Waals surface area contributed by atoms with E-state index in [1.54, 1.807) is 6.92 Å². The molecule has 1 fully saturated rings. The van der Waals surface area contributed by atoms with Crippen LogP contribution in [0.4, 0.5) is 0 Å². The smallest absolute Gasteiger partial charge is 0.217 e. The van der Waals surface area contributed by atoms with Gasteiger partial charge in [-0.05, 0) is 30.1 Å². The highest BCUT2D eigenvalue weighted by molar-refractivity contribution is 5.82. The van der Waals surface area contributed by atoms with Gasteiger partial charge in [0.25, 0.3) is 0 Å². The molecule has 0 radical (unpaired) electrons. The highest BCUT2D eigenvalue weighted by Gasteiger charge is 2.41. The monoisotopic (exact) mass is 257 g/mol. The fourth-order valence-corrected chi connectivity index (χ4v) is 3.37. The number of hydrogen-bond acceptors (Lipinski definition) is 2. The standard InChI is InChI=1S/C16H19NO2/c1-10-15-13(9-19-10)8-14(17-11(2)18)16(15)12-6-4-3-5-7-12/h3-7,10,13-14H,8-9H2,1-2H3,(H,17,18)/t10-,13+,14+/m1/s1. The van der Waals surface area contributed by atoms with Gasteiger partial charge >= 0.3 is 0 Å². The molecule has 3 nitrogen and oxygen atoms in total. The van der Waals surface area contributed by atoms with Crippen LogP contribution in [0, 0.1) is 5.92 Å². The average molecular weight is 257 g/mol. The van der Waals surface area contributed by atoms with Crippen molar-refractivity contribution in [2.24, 2.45) is 5.92 Å². The highest BCUT2D eigenvalue weighted by atomic mass is 16.5. The number of benzene rings is 1. The molecule has 0 saturated carbocycles. The van der Waals surface area contributed by atoms with E-state index in [0.717, 1.165) is 13.0 Å². The van der Waals surface area contributed by atoms with Gasteiger partial charge in [-0.25, -0.2) is 0 Å². The molecule has 1 saturated heterocycles. The second-order valence-corrected chi connectivity index (χ2v) is 5.40. The Hall–Kier alpha value is -1.61. The van der Waals surface area contributed by atoms with Crippen molar-refractivity contribution in [2.45, 2.75) is 32.4 Å². The number of fused-ring (bicyclic) bond motifs is 1. The van der Waals surface area contributed by atoms with Crippen LogP contribution < -0.4 is 5.32 Å². The second-order valence-electron chi connectivity index (χ2n) is 5.40. The lowest BCUT2D eigenvalue weighted by atomic mass is 9.96. The van der Waals surface area contributed by atoms with Gasteiger partial charge < -0.3 is 10.1 Å². The molecule has 1 aliphatic heterocycles. The molecule has 1 aromatic carbocycles. The van der Waals surface area contributed by atoms with Crippen LogP contribution in [0.25, 0.3) is 5.57 Å². The first-order valence-corrected chi connectivity index (χ1v) is 6.85. The summed E-state index contributed by atoms with van der Waals surface area (Å²) in [4.78, 5) is 11.4. The topological polar surface area (TPSA) is 38.3 Å². The molecule has 19 heavy (non-hydrogen) atoms. The predicted molar refractivity (Wildman–Crippen MR) is 74.5 cm³/mol. The van der Waals surface area contributed by atoms with Crippen LogP contribution >= 0.6 is 0 Å². The van der Waals surface area contributed by atoms with E-state index >= 15 is 0 Å². The van der Waals surface area contributed by atoms with Crippen molar-refractivity contribution >= 4 is 11.5 Å². The van der Waals surface area contributed by atoms with Gasteiger partial charge in [0, 0.05) is 12.8 Å². The van der Waals surface area contributed by atoms with E-state index in [2.05, 4.69) is 24.4 Å². The molecule has 2 aliphatic rings. The van der Waals surface area contributed by atoms with E-state index < -0.39 is 0 Å². The van der Waals surface area contributed by atoms with E-state index in [1.807, 2.05) is 18.2 Å². The van der Waals surface area contributed by atoms with Gasteiger partial charge in [0.15, 0.2) is 0 Å². The summed E-state index contributed by atoms with van der Waals surface area (Å²) in [7, 11) is 0. The molecule has 0 aromatic heterocycles. The summed E-state index contributed by atoms with van der Waals surface area (Å²) in [5.74, 6) is 0.495. The normalized spacial score (nSPS) is 29.5. The Kier molecular flexibility index (Phi) is 3.15. The molecule has 1 aromatic rings. The van der Waals surface area contributed by atoms with Gasteiger partial charge in [-0.15, -0.1) is 0 Å². The van der Waals surface area contributed by atoms with Crippen LogP contribution in [0.15, 0.2) is 35.9 Å². The zero-order chi connectivity index (χ0) is 13.4. The summed E-state index contributed by atoms with van der Waals surface area (Å²) >= 11 is 0. The lowest BCUT2D eigenvalue weighted by Gasteiger charge is -2.19. The number of rotatable bonds is 2. The van der Waals surface area contributed by atoms with Crippen molar-refractivity contribution in [3.8, 4) is 0 Å². The van der Waals surface area contributed by atoms with E-state index in [1.165, 1.54) is 16.7 Å². The predicted octanol–water partition coefficient (Wildman–Crippen LogP) is 2.38. The van der Waals surface area contributed by atoms with E-state index in [4.69, 9.17) is 4.74 Å². The number of nitrogens with one attached hydrogen (secondary N) is 1. The van der Waals surface area contributed by atoms with Gasteiger partial charge in [-0.2, -0.15) is 0 Å². The van der Waals surface area contributed by atoms with Crippen LogP contribution in [-0.4, -0.2) is 24.7 Å². The molecule has 3 rings (SSSR count). The van der Waals surface area contributed by atoms with E-state index in [9.17, 15) is 4.79 Å². The fraction of sp³-hybridized carbons (Fsp3) is 0.438. The minimum absolute atomic E-state index is 0.0348. The van der Waals surface area contributed by atoms with Crippen molar-refractivity contribution in [1.29, 1.82) is 0 Å². The molecule has 1 aliphatic carbocycles. The molecule has 1 N–H and O–H groups in total. The Morgan fingerprint density at radius 2 is 2.05 bits per heavy atom. The lowest BCUT2D eigenvalue weighted by molar-refractivity contribution is -0.119. The fourth-order valence-electron chi connectivity index (χ4n) is 3.37. The Balaban J connectivity index is 2.04. The van der Waals surface area contributed by atoms with Crippen LogP contribution in [-0.2, 0) is 9.53 Å². The Morgan fingerprint density at radius 3 is 2.74 bits per heavy atom. The lowest BCUT2D eigenvalue weighted by Crippen LogP contribution is -2.33. The number of carbonyl (C=O) groups excluding carboxylic acids is 1. The third-order valence-corrected chi connectivity index (χ3v) is 4.07. The zero-order valence-corrected chi connectivity index (χ0v) is 11.3. The molecule has 0 unspecified atom stereocenters. The minimum Gasteiger partial charge on any atom is -0.374 e. The zero-order valence-electron chi connectivity index (χ0n) is 11.3. The molecule has 1 amide bonds. The maximum absolute atomic E-state index is 11.4. The van der Waals surface area contributed by atoms with Crippen molar-refractivity contribution in [3.05, 3.63) is 41.5 Å². The number of carbonyl (C=O) groups is 1. The summed E-state index contributed by atoms with van der Waals surface area (Å²) < 4.78 is 5.75. The van der Waals surface area contributed by atoms with Gasteiger partial charge in [-0.3, -0.25) is 4.79 Å².